The van der Waals surface area contributed by atoms with Gasteiger partial charge in [-0.25, -0.2) is 0 Å². The number of hydrogen-bond donors (Lipinski definition) is 0. The van der Waals surface area contributed by atoms with E-state index in [0.717, 1.165) is 6.42 Å². The van der Waals surface area contributed by atoms with Crippen LogP contribution in [0.5, 0.6) is 0 Å². The molecule has 0 aliphatic heterocycles. The van der Waals surface area contributed by atoms with Crippen molar-refractivity contribution >= 4 is 0 Å². The first-order valence-corrected chi connectivity index (χ1v) is 6.32. The summed E-state index contributed by atoms with van der Waals surface area (Å²) in [5.41, 5.74) is 0. The first-order chi connectivity index (χ1) is 7.41. The highest BCUT2D eigenvalue weighted by Crippen LogP contribution is 2.02. The first kappa shape index (κ1) is 14.2. The molecule has 0 saturated carbocycles. The molecular weight excluding hydrogens is 180 g/mol. The molecule has 0 spiro atoms. The van der Waals surface area contributed by atoms with Crippen LogP contribution in [0.1, 0.15) is 58.3 Å². The van der Waals surface area contributed by atoms with Crippen LogP contribution < -0.4 is 0 Å². The Kier molecular flexibility index (Phi) is 12.5. The van der Waals surface area contributed by atoms with Crippen LogP contribution in [0.2, 0.25) is 0 Å². The standard InChI is InChI=1S/C15H26/c1-3-5-7-9-11-13-15-14-12-10-8-6-4-2/h3,8,10,13,15H,1,4-7,9,11-12,14H2,2H3. The third kappa shape index (κ3) is 13.2. The van der Waals surface area contributed by atoms with Gasteiger partial charge in [-0.2, -0.15) is 0 Å². The summed E-state index contributed by atoms with van der Waals surface area (Å²) in [4.78, 5) is 0. The zero-order valence-electron chi connectivity index (χ0n) is 10.3. The molecule has 0 heterocycles. The monoisotopic (exact) mass is 206 g/mol. The lowest BCUT2D eigenvalue weighted by molar-refractivity contribution is 0.761. The van der Waals surface area contributed by atoms with E-state index in [0.29, 0.717) is 0 Å². The fourth-order valence-electron chi connectivity index (χ4n) is 1.38. The Morgan fingerprint density at radius 2 is 1.27 bits per heavy atom. The van der Waals surface area contributed by atoms with Crippen LogP contribution in [-0.4, -0.2) is 0 Å². The Morgan fingerprint density at radius 3 is 1.87 bits per heavy atom. The highest BCUT2D eigenvalue weighted by Gasteiger charge is 1.82. The molecule has 0 aromatic carbocycles. The van der Waals surface area contributed by atoms with Gasteiger partial charge in [-0.3, -0.25) is 0 Å². The molecule has 0 amide bonds. The van der Waals surface area contributed by atoms with Crippen molar-refractivity contribution in [2.45, 2.75) is 58.3 Å². The molecular formula is C15H26. The Bertz CT molecular complexity index is 174. The van der Waals surface area contributed by atoms with Crippen molar-refractivity contribution in [2.24, 2.45) is 0 Å². The van der Waals surface area contributed by atoms with Gasteiger partial charge in [0.05, 0.1) is 0 Å². The third-order valence-corrected chi connectivity index (χ3v) is 2.32. The Morgan fingerprint density at radius 1 is 0.733 bits per heavy atom. The third-order valence-electron chi connectivity index (χ3n) is 2.32. The molecule has 0 unspecified atom stereocenters. The molecule has 0 fully saturated rings. The van der Waals surface area contributed by atoms with Crippen molar-refractivity contribution < 1.29 is 0 Å². The molecule has 0 aromatic rings. The van der Waals surface area contributed by atoms with Crippen molar-refractivity contribution in [3.05, 3.63) is 37.0 Å². The van der Waals surface area contributed by atoms with Gasteiger partial charge in [0.2, 0.25) is 0 Å². The number of hydrogen-bond acceptors (Lipinski definition) is 0. The normalized spacial score (nSPS) is 11.5. The molecule has 0 saturated heterocycles. The van der Waals surface area contributed by atoms with E-state index in [1.165, 1.54) is 44.9 Å². The van der Waals surface area contributed by atoms with Gasteiger partial charge in [0.1, 0.15) is 0 Å². The minimum Gasteiger partial charge on any atom is -0.103 e. The maximum absolute atomic E-state index is 3.72. The zero-order valence-corrected chi connectivity index (χ0v) is 10.3. The Labute approximate surface area is 95.8 Å². The average molecular weight is 206 g/mol. The predicted molar refractivity (Wildman–Crippen MR) is 71.1 cm³/mol. The lowest BCUT2D eigenvalue weighted by atomic mass is 10.1. The van der Waals surface area contributed by atoms with Gasteiger partial charge >= 0.3 is 0 Å². The van der Waals surface area contributed by atoms with Gasteiger partial charge in [0, 0.05) is 0 Å². The van der Waals surface area contributed by atoms with Crippen LogP contribution in [0.3, 0.4) is 0 Å². The fourth-order valence-corrected chi connectivity index (χ4v) is 1.38. The summed E-state index contributed by atoms with van der Waals surface area (Å²) in [6, 6.07) is 0. The SMILES string of the molecule is C=CCCCCC=CCCC=CCCC. The number of unbranched alkanes of at least 4 members (excludes halogenated alkanes) is 5. The highest BCUT2D eigenvalue weighted by atomic mass is 13.9. The van der Waals surface area contributed by atoms with Gasteiger partial charge < -0.3 is 0 Å². The minimum absolute atomic E-state index is 1.16. The molecule has 0 nitrogen and oxygen atoms in total. The van der Waals surface area contributed by atoms with Gasteiger partial charge in [-0.1, -0.05) is 43.7 Å². The van der Waals surface area contributed by atoms with Crippen molar-refractivity contribution in [3.63, 3.8) is 0 Å². The quantitative estimate of drug-likeness (QED) is 0.330. The van der Waals surface area contributed by atoms with Gasteiger partial charge in [-0.05, 0) is 44.9 Å². The Balaban J connectivity index is 3.13. The maximum Gasteiger partial charge on any atom is -0.0316 e. The average Bonchev–Trinajstić information content (AvgIpc) is 2.26. The molecule has 86 valence electrons. The zero-order chi connectivity index (χ0) is 11.2. The lowest BCUT2D eigenvalue weighted by Crippen LogP contribution is -1.72. The van der Waals surface area contributed by atoms with Gasteiger partial charge in [0.15, 0.2) is 0 Å². The van der Waals surface area contributed by atoms with Crippen LogP contribution in [0.4, 0.5) is 0 Å². The van der Waals surface area contributed by atoms with E-state index >= 15 is 0 Å². The lowest BCUT2D eigenvalue weighted by Gasteiger charge is -1.92. The van der Waals surface area contributed by atoms with Crippen molar-refractivity contribution in [1.82, 2.24) is 0 Å². The van der Waals surface area contributed by atoms with Crippen LogP contribution in [0, 0.1) is 0 Å². The molecule has 0 aliphatic carbocycles. The molecule has 0 aromatic heterocycles. The summed E-state index contributed by atoms with van der Waals surface area (Å²) in [6.07, 6.45) is 21.1. The fraction of sp³-hybridized carbons (Fsp3) is 0.600. The van der Waals surface area contributed by atoms with Crippen molar-refractivity contribution in [3.8, 4) is 0 Å². The molecule has 0 heteroatoms. The second-order valence-electron chi connectivity index (χ2n) is 3.88. The molecule has 0 N–H and O–H groups in total. The molecule has 0 rings (SSSR count). The van der Waals surface area contributed by atoms with Crippen LogP contribution in [-0.2, 0) is 0 Å². The van der Waals surface area contributed by atoms with Crippen LogP contribution in [0.15, 0.2) is 37.0 Å². The van der Waals surface area contributed by atoms with Crippen molar-refractivity contribution in [1.29, 1.82) is 0 Å². The minimum atomic E-state index is 1.16. The number of rotatable bonds is 10. The predicted octanol–water partition coefficient (Wildman–Crippen LogP) is 5.43. The van der Waals surface area contributed by atoms with E-state index in [-0.39, 0.29) is 0 Å². The van der Waals surface area contributed by atoms with Gasteiger partial charge in [-0.15, -0.1) is 6.58 Å². The summed E-state index contributed by atoms with van der Waals surface area (Å²) in [5.74, 6) is 0. The summed E-state index contributed by atoms with van der Waals surface area (Å²) >= 11 is 0. The summed E-state index contributed by atoms with van der Waals surface area (Å²) in [6.45, 7) is 5.93. The van der Waals surface area contributed by atoms with Crippen molar-refractivity contribution in [2.75, 3.05) is 0 Å². The molecule has 0 radical (unpaired) electrons. The smallest absolute Gasteiger partial charge is 0.0316 e. The summed E-state index contributed by atoms with van der Waals surface area (Å²) in [5, 5.41) is 0. The van der Waals surface area contributed by atoms with Crippen LogP contribution in [0.25, 0.3) is 0 Å². The van der Waals surface area contributed by atoms with Gasteiger partial charge in [0.25, 0.3) is 0 Å². The maximum atomic E-state index is 3.72. The molecule has 0 atom stereocenters. The molecule has 0 bridgehead atoms. The van der Waals surface area contributed by atoms with Crippen LogP contribution >= 0.6 is 0 Å². The van der Waals surface area contributed by atoms with E-state index in [1.807, 2.05) is 6.08 Å². The Hall–Kier alpha value is -0.780. The summed E-state index contributed by atoms with van der Waals surface area (Å²) < 4.78 is 0. The van der Waals surface area contributed by atoms with E-state index in [4.69, 9.17) is 0 Å². The highest BCUT2D eigenvalue weighted by molar-refractivity contribution is 4.87. The van der Waals surface area contributed by atoms with E-state index < -0.39 is 0 Å². The largest absolute Gasteiger partial charge is 0.103 e. The van der Waals surface area contributed by atoms with E-state index in [9.17, 15) is 0 Å². The second-order valence-corrected chi connectivity index (χ2v) is 3.88. The van der Waals surface area contributed by atoms with E-state index in [1.54, 1.807) is 0 Å². The number of allylic oxidation sites excluding steroid dienone is 5. The molecule has 0 aliphatic rings. The summed E-state index contributed by atoms with van der Waals surface area (Å²) in [7, 11) is 0. The molecule has 15 heavy (non-hydrogen) atoms. The topological polar surface area (TPSA) is 0 Å². The van der Waals surface area contributed by atoms with E-state index in [2.05, 4.69) is 37.8 Å². The second kappa shape index (κ2) is 13.2. The first-order valence-electron chi connectivity index (χ1n) is 6.32.